The van der Waals surface area contributed by atoms with E-state index < -0.39 is 0 Å². The molecule has 0 aromatic heterocycles. The van der Waals surface area contributed by atoms with Crippen molar-refractivity contribution in [1.29, 1.82) is 5.26 Å². The molecule has 1 atom stereocenters. The molecule has 0 spiro atoms. The molecule has 1 N–H and O–H groups in total. The largest absolute Gasteiger partial charge is 0.493 e. The Morgan fingerprint density at radius 2 is 1.88 bits per heavy atom. The average molecular weight is 338 g/mol. The monoisotopic (exact) mass is 338 g/mol. The molecule has 2 aromatic rings. The number of methoxy groups -OCH3 is 1. The van der Waals surface area contributed by atoms with Crippen LogP contribution < -0.4 is 14.8 Å². The molecule has 1 unspecified atom stereocenters. The van der Waals surface area contributed by atoms with Gasteiger partial charge in [-0.3, -0.25) is 0 Å². The third-order valence-electron chi connectivity index (χ3n) is 4.14. The first kappa shape index (κ1) is 18.8. The number of nitrogens with zero attached hydrogens (tertiary/aromatic N) is 1. The van der Waals surface area contributed by atoms with E-state index in [1.165, 1.54) is 0 Å². The summed E-state index contributed by atoms with van der Waals surface area (Å²) in [6.45, 7) is 5.71. The Kier molecular flexibility index (Phi) is 7.31. The minimum atomic E-state index is 0.175. The van der Waals surface area contributed by atoms with Gasteiger partial charge in [-0.1, -0.05) is 31.5 Å². The Morgan fingerprint density at radius 1 is 1.12 bits per heavy atom. The zero-order valence-electron chi connectivity index (χ0n) is 15.2. The van der Waals surface area contributed by atoms with Crippen LogP contribution in [0.25, 0.3) is 0 Å². The third-order valence-corrected chi connectivity index (χ3v) is 4.14. The van der Waals surface area contributed by atoms with Crippen molar-refractivity contribution < 1.29 is 9.47 Å². The first-order valence-electron chi connectivity index (χ1n) is 8.71. The molecule has 0 heterocycles. The van der Waals surface area contributed by atoms with Gasteiger partial charge >= 0.3 is 0 Å². The molecule has 132 valence electrons. The Labute approximate surface area is 150 Å². The molecule has 2 rings (SSSR count). The molecule has 25 heavy (non-hydrogen) atoms. The van der Waals surface area contributed by atoms with Gasteiger partial charge in [-0.25, -0.2) is 0 Å². The van der Waals surface area contributed by atoms with E-state index in [1.54, 1.807) is 7.11 Å². The molecule has 4 heteroatoms. The lowest BCUT2D eigenvalue weighted by molar-refractivity contribution is 0.288. The van der Waals surface area contributed by atoms with Crippen LogP contribution in [0.4, 0.5) is 0 Å². The molecule has 0 aliphatic heterocycles. The Balaban J connectivity index is 1.98. The highest BCUT2D eigenvalue weighted by Crippen LogP contribution is 2.30. The van der Waals surface area contributed by atoms with Crippen molar-refractivity contribution in [2.75, 3.05) is 13.7 Å². The van der Waals surface area contributed by atoms with Crippen molar-refractivity contribution in [2.24, 2.45) is 0 Å². The second-order valence-electron chi connectivity index (χ2n) is 6.02. The highest BCUT2D eigenvalue weighted by Gasteiger charge is 2.10. The van der Waals surface area contributed by atoms with Crippen molar-refractivity contribution in [2.45, 2.75) is 39.3 Å². The van der Waals surface area contributed by atoms with Gasteiger partial charge in [0.25, 0.3) is 0 Å². The lowest BCUT2D eigenvalue weighted by atomic mass is 10.1. The van der Waals surface area contributed by atoms with Crippen LogP contribution in [0.15, 0.2) is 42.5 Å². The van der Waals surface area contributed by atoms with E-state index in [0.29, 0.717) is 12.2 Å². The van der Waals surface area contributed by atoms with E-state index in [1.807, 2.05) is 36.4 Å². The van der Waals surface area contributed by atoms with Crippen molar-refractivity contribution >= 4 is 0 Å². The second kappa shape index (κ2) is 9.71. The van der Waals surface area contributed by atoms with Crippen molar-refractivity contribution in [1.82, 2.24) is 5.32 Å². The second-order valence-corrected chi connectivity index (χ2v) is 6.02. The number of nitriles is 1. The summed E-state index contributed by atoms with van der Waals surface area (Å²) in [7, 11) is 1.67. The number of hydrogen-bond acceptors (Lipinski definition) is 4. The standard InChI is InChI=1S/C21H26N2O2/c1-4-5-12-25-20-11-10-19(13-21(20)24-3)16(2)23-15-18-8-6-17(14-22)7-9-18/h6-11,13,16,23H,4-5,12,15H2,1-3H3. The molecule has 0 aliphatic rings. The fourth-order valence-corrected chi connectivity index (χ4v) is 2.49. The molecule has 0 saturated heterocycles. The molecule has 0 aliphatic carbocycles. The van der Waals surface area contributed by atoms with Gasteiger partial charge in [-0.2, -0.15) is 5.26 Å². The van der Waals surface area contributed by atoms with E-state index in [9.17, 15) is 0 Å². The number of nitrogens with one attached hydrogen (secondary N) is 1. The Bertz CT molecular complexity index is 705. The molecular formula is C21H26N2O2. The Morgan fingerprint density at radius 3 is 2.52 bits per heavy atom. The molecule has 0 bridgehead atoms. The van der Waals surface area contributed by atoms with Crippen LogP contribution in [0.5, 0.6) is 11.5 Å². The van der Waals surface area contributed by atoms with Gasteiger partial charge in [-0.05, 0) is 48.7 Å². The third kappa shape index (κ3) is 5.51. The predicted octanol–water partition coefficient (Wildman–Crippen LogP) is 4.60. The van der Waals surface area contributed by atoms with E-state index in [2.05, 4.69) is 31.3 Å². The summed E-state index contributed by atoms with van der Waals surface area (Å²) in [5, 5.41) is 12.3. The van der Waals surface area contributed by atoms with Crippen LogP contribution in [-0.2, 0) is 6.54 Å². The van der Waals surface area contributed by atoms with Crippen molar-refractivity contribution in [3.63, 3.8) is 0 Å². The van der Waals surface area contributed by atoms with Crippen LogP contribution in [0, 0.1) is 11.3 Å². The van der Waals surface area contributed by atoms with E-state index in [4.69, 9.17) is 14.7 Å². The number of benzene rings is 2. The van der Waals surface area contributed by atoms with Gasteiger partial charge in [0.1, 0.15) is 0 Å². The summed E-state index contributed by atoms with van der Waals surface area (Å²) in [5.41, 5.74) is 2.98. The van der Waals surface area contributed by atoms with Crippen molar-refractivity contribution in [3.05, 3.63) is 59.2 Å². The van der Waals surface area contributed by atoms with Gasteiger partial charge < -0.3 is 14.8 Å². The molecular weight excluding hydrogens is 312 g/mol. The fourth-order valence-electron chi connectivity index (χ4n) is 2.49. The van der Waals surface area contributed by atoms with Crippen LogP contribution in [0.2, 0.25) is 0 Å². The van der Waals surface area contributed by atoms with E-state index >= 15 is 0 Å². The van der Waals surface area contributed by atoms with Crippen LogP contribution >= 0.6 is 0 Å². The molecule has 0 amide bonds. The summed E-state index contributed by atoms with van der Waals surface area (Å²) in [5.74, 6) is 1.56. The van der Waals surface area contributed by atoms with Gasteiger partial charge in [0.05, 0.1) is 25.3 Å². The van der Waals surface area contributed by atoms with Gasteiger partial charge in [0.2, 0.25) is 0 Å². The fraction of sp³-hybridized carbons (Fsp3) is 0.381. The van der Waals surface area contributed by atoms with E-state index in [0.717, 1.165) is 42.0 Å². The molecule has 0 saturated carbocycles. The number of ether oxygens (including phenoxy) is 2. The van der Waals surface area contributed by atoms with E-state index in [-0.39, 0.29) is 6.04 Å². The maximum Gasteiger partial charge on any atom is 0.161 e. The smallest absolute Gasteiger partial charge is 0.161 e. The predicted molar refractivity (Wildman–Crippen MR) is 99.8 cm³/mol. The van der Waals surface area contributed by atoms with Crippen LogP contribution in [0.3, 0.4) is 0 Å². The molecule has 0 radical (unpaired) electrons. The highest BCUT2D eigenvalue weighted by atomic mass is 16.5. The summed E-state index contributed by atoms with van der Waals surface area (Å²) < 4.78 is 11.3. The van der Waals surface area contributed by atoms with Crippen LogP contribution in [-0.4, -0.2) is 13.7 Å². The summed E-state index contributed by atoms with van der Waals surface area (Å²) in [6.07, 6.45) is 2.14. The normalized spacial score (nSPS) is 11.6. The minimum absolute atomic E-state index is 0.175. The van der Waals surface area contributed by atoms with Gasteiger partial charge in [0, 0.05) is 12.6 Å². The first-order valence-corrected chi connectivity index (χ1v) is 8.71. The zero-order valence-corrected chi connectivity index (χ0v) is 15.2. The maximum atomic E-state index is 8.85. The Hall–Kier alpha value is -2.51. The van der Waals surface area contributed by atoms with Gasteiger partial charge in [0.15, 0.2) is 11.5 Å². The SMILES string of the molecule is CCCCOc1ccc(C(C)NCc2ccc(C#N)cc2)cc1OC. The quantitative estimate of drug-likeness (QED) is 0.679. The molecule has 4 nitrogen and oxygen atoms in total. The minimum Gasteiger partial charge on any atom is -0.493 e. The topological polar surface area (TPSA) is 54.3 Å². The summed E-state index contributed by atoms with van der Waals surface area (Å²) >= 11 is 0. The lowest BCUT2D eigenvalue weighted by Gasteiger charge is -2.17. The number of rotatable bonds is 9. The van der Waals surface area contributed by atoms with Gasteiger partial charge in [-0.15, -0.1) is 0 Å². The lowest BCUT2D eigenvalue weighted by Crippen LogP contribution is -2.18. The average Bonchev–Trinajstić information content (AvgIpc) is 2.66. The number of unbranched alkanes of at least 4 members (excludes halogenated alkanes) is 1. The van der Waals surface area contributed by atoms with Crippen LogP contribution in [0.1, 0.15) is 49.4 Å². The van der Waals surface area contributed by atoms with Crippen molar-refractivity contribution in [3.8, 4) is 17.6 Å². The summed E-state index contributed by atoms with van der Waals surface area (Å²) in [6, 6.07) is 16.0. The first-order chi connectivity index (χ1) is 12.2. The molecule has 2 aromatic carbocycles. The maximum absolute atomic E-state index is 8.85. The highest BCUT2D eigenvalue weighted by molar-refractivity contribution is 5.43. The molecule has 0 fully saturated rings. The zero-order chi connectivity index (χ0) is 18.1. The summed E-state index contributed by atoms with van der Waals surface area (Å²) in [4.78, 5) is 0. The number of hydrogen-bond donors (Lipinski definition) is 1.